The average Bonchev–Trinajstić information content (AvgIpc) is 3.82. The highest BCUT2D eigenvalue weighted by atomic mass is 32.2. The molecule has 8 heteroatoms. The van der Waals surface area contributed by atoms with Gasteiger partial charge >= 0.3 is 0 Å². The summed E-state index contributed by atoms with van der Waals surface area (Å²) in [6.07, 6.45) is 7.05. The lowest BCUT2D eigenvalue weighted by atomic mass is 10.0. The van der Waals surface area contributed by atoms with E-state index in [0.717, 1.165) is 54.1 Å². The zero-order chi connectivity index (χ0) is 25.9. The van der Waals surface area contributed by atoms with Crippen molar-refractivity contribution in [3.8, 4) is 22.4 Å². The molecule has 1 aliphatic carbocycles. The quantitative estimate of drug-likeness (QED) is 0.308. The van der Waals surface area contributed by atoms with Crippen molar-refractivity contribution >= 4 is 23.6 Å². The molecule has 0 unspecified atom stereocenters. The summed E-state index contributed by atoms with van der Waals surface area (Å²) >= 11 is 1.90. The molecule has 6 rings (SSSR count). The van der Waals surface area contributed by atoms with Crippen molar-refractivity contribution in [2.24, 2.45) is 0 Å². The Labute approximate surface area is 226 Å². The van der Waals surface area contributed by atoms with Gasteiger partial charge in [0.25, 0.3) is 5.91 Å². The molecule has 192 valence electrons. The first kappa shape index (κ1) is 24.6. The van der Waals surface area contributed by atoms with E-state index in [1.807, 2.05) is 40.9 Å². The first-order valence-corrected chi connectivity index (χ1v) is 14.1. The first-order chi connectivity index (χ1) is 18.7. The number of thioether (sulfide) groups is 1. The first-order valence-electron chi connectivity index (χ1n) is 12.9. The molecule has 38 heavy (non-hydrogen) atoms. The summed E-state index contributed by atoms with van der Waals surface area (Å²) in [6, 6.07) is 18.8. The van der Waals surface area contributed by atoms with Gasteiger partial charge in [-0.2, -0.15) is 11.8 Å². The van der Waals surface area contributed by atoms with Crippen molar-refractivity contribution < 1.29 is 9.18 Å². The molecule has 0 bridgehead atoms. The molecule has 0 atom stereocenters. The van der Waals surface area contributed by atoms with E-state index in [1.54, 1.807) is 36.8 Å². The lowest BCUT2D eigenvalue weighted by Crippen LogP contribution is -2.35. The van der Waals surface area contributed by atoms with Gasteiger partial charge in [0.15, 0.2) is 0 Å². The molecular formula is C30H28FN5OS. The van der Waals surface area contributed by atoms with Crippen molar-refractivity contribution in [2.75, 3.05) is 29.5 Å². The van der Waals surface area contributed by atoms with E-state index in [2.05, 4.69) is 27.0 Å². The minimum absolute atomic E-state index is 0.152. The van der Waals surface area contributed by atoms with E-state index in [-0.39, 0.29) is 11.9 Å². The molecule has 0 spiro atoms. The number of carbonyl (C=O) groups is 1. The summed E-state index contributed by atoms with van der Waals surface area (Å²) in [5.41, 5.74) is 4.20. The Balaban J connectivity index is 1.35. The fraction of sp³-hybridized carbons (Fsp3) is 0.267. The lowest BCUT2D eigenvalue weighted by Gasteiger charge is -2.28. The van der Waals surface area contributed by atoms with Crippen LogP contribution in [0.4, 0.5) is 10.3 Å². The summed E-state index contributed by atoms with van der Waals surface area (Å²) in [7, 11) is 0. The number of aromatic nitrogens is 3. The third kappa shape index (κ3) is 5.27. The van der Waals surface area contributed by atoms with Gasteiger partial charge in [-0.25, -0.2) is 14.4 Å². The molecule has 1 amide bonds. The maximum Gasteiger partial charge on any atom is 0.258 e. The SMILES string of the molecule is O=C(c1cnc(N2CCSCC2)nc1-c1ccccc1F)N(Cc1cccc(-c2ccncc2)c1)C1CC1. The van der Waals surface area contributed by atoms with Gasteiger partial charge in [-0.05, 0) is 59.9 Å². The maximum absolute atomic E-state index is 15.0. The van der Waals surface area contributed by atoms with Gasteiger partial charge in [-0.15, -0.1) is 0 Å². The van der Waals surface area contributed by atoms with Crippen LogP contribution in [0, 0.1) is 5.82 Å². The van der Waals surface area contributed by atoms with Crippen LogP contribution in [0.3, 0.4) is 0 Å². The van der Waals surface area contributed by atoms with Crippen LogP contribution < -0.4 is 4.90 Å². The molecule has 4 aromatic rings. The molecule has 6 nitrogen and oxygen atoms in total. The minimum atomic E-state index is -0.400. The van der Waals surface area contributed by atoms with Crippen LogP contribution in [-0.4, -0.2) is 56.4 Å². The molecule has 1 aliphatic heterocycles. The molecule has 2 fully saturated rings. The van der Waals surface area contributed by atoms with Gasteiger partial charge in [0, 0.05) is 61.3 Å². The Morgan fingerprint density at radius 2 is 1.79 bits per heavy atom. The number of hydrogen-bond acceptors (Lipinski definition) is 6. The monoisotopic (exact) mass is 525 g/mol. The summed E-state index contributed by atoms with van der Waals surface area (Å²) < 4.78 is 15.0. The summed E-state index contributed by atoms with van der Waals surface area (Å²) in [4.78, 5) is 31.6. The van der Waals surface area contributed by atoms with Gasteiger partial charge in [-0.1, -0.05) is 30.3 Å². The standard InChI is InChI=1S/C30H28FN5OS/c31-27-7-2-1-6-25(27)28-26(19-33-30(34-28)35-14-16-38-17-15-35)29(37)36(24-8-9-24)20-21-4-3-5-23(18-21)22-10-12-32-13-11-22/h1-7,10-13,18-19,24H,8-9,14-17,20H2. The lowest BCUT2D eigenvalue weighted by molar-refractivity contribution is 0.0730. The highest BCUT2D eigenvalue weighted by molar-refractivity contribution is 7.99. The smallest absolute Gasteiger partial charge is 0.258 e. The molecule has 2 aromatic heterocycles. The third-order valence-corrected chi connectivity index (χ3v) is 7.91. The van der Waals surface area contributed by atoms with Gasteiger partial charge in [0.2, 0.25) is 5.95 Å². The van der Waals surface area contributed by atoms with Crippen LogP contribution in [0.1, 0.15) is 28.8 Å². The zero-order valence-corrected chi connectivity index (χ0v) is 21.8. The Morgan fingerprint density at radius 1 is 1.00 bits per heavy atom. The van der Waals surface area contributed by atoms with Crippen molar-refractivity contribution in [3.63, 3.8) is 0 Å². The van der Waals surface area contributed by atoms with Gasteiger partial charge in [-0.3, -0.25) is 9.78 Å². The maximum atomic E-state index is 15.0. The predicted octanol–water partition coefficient (Wildman–Crippen LogP) is 5.70. The average molecular weight is 526 g/mol. The van der Waals surface area contributed by atoms with E-state index < -0.39 is 5.82 Å². The second-order valence-corrected chi connectivity index (χ2v) is 10.8. The summed E-state index contributed by atoms with van der Waals surface area (Å²) in [5.74, 6) is 1.97. The minimum Gasteiger partial charge on any atom is -0.339 e. The van der Waals surface area contributed by atoms with Gasteiger partial charge in [0.05, 0.1) is 11.3 Å². The molecule has 0 N–H and O–H groups in total. The highest BCUT2D eigenvalue weighted by Gasteiger charge is 2.35. The zero-order valence-electron chi connectivity index (χ0n) is 21.0. The van der Waals surface area contributed by atoms with Crippen LogP contribution >= 0.6 is 11.8 Å². The van der Waals surface area contributed by atoms with Crippen molar-refractivity contribution in [2.45, 2.75) is 25.4 Å². The molecule has 1 saturated heterocycles. The fourth-order valence-electron chi connectivity index (χ4n) is 4.80. The number of rotatable bonds is 7. The topological polar surface area (TPSA) is 62.2 Å². The van der Waals surface area contributed by atoms with E-state index in [1.165, 1.54) is 6.07 Å². The molecular weight excluding hydrogens is 497 g/mol. The largest absolute Gasteiger partial charge is 0.339 e. The van der Waals surface area contributed by atoms with E-state index in [0.29, 0.717) is 29.3 Å². The number of anilines is 1. The number of halogens is 1. The number of pyridine rings is 1. The summed E-state index contributed by atoms with van der Waals surface area (Å²) in [5, 5.41) is 0. The van der Waals surface area contributed by atoms with Gasteiger partial charge < -0.3 is 9.80 Å². The van der Waals surface area contributed by atoms with E-state index in [4.69, 9.17) is 4.98 Å². The number of carbonyl (C=O) groups excluding carboxylic acids is 1. The van der Waals surface area contributed by atoms with E-state index >= 15 is 4.39 Å². The fourth-order valence-corrected chi connectivity index (χ4v) is 5.70. The Morgan fingerprint density at radius 3 is 2.55 bits per heavy atom. The number of amides is 1. The Bertz CT molecular complexity index is 1440. The molecule has 1 saturated carbocycles. The number of hydrogen-bond donors (Lipinski definition) is 0. The molecule has 0 radical (unpaired) electrons. The third-order valence-electron chi connectivity index (χ3n) is 6.97. The van der Waals surface area contributed by atoms with Crippen LogP contribution in [0.25, 0.3) is 22.4 Å². The second kappa shape index (κ2) is 10.9. The van der Waals surface area contributed by atoms with Crippen LogP contribution in [-0.2, 0) is 6.54 Å². The highest BCUT2D eigenvalue weighted by Crippen LogP contribution is 2.34. The normalized spacial score (nSPS) is 15.3. The van der Waals surface area contributed by atoms with Crippen LogP contribution in [0.15, 0.2) is 79.3 Å². The van der Waals surface area contributed by atoms with Crippen molar-refractivity contribution in [1.29, 1.82) is 0 Å². The van der Waals surface area contributed by atoms with Crippen molar-refractivity contribution in [3.05, 3.63) is 96.2 Å². The molecule has 2 aromatic carbocycles. The number of nitrogens with zero attached hydrogens (tertiary/aromatic N) is 5. The Kier molecular flexibility index (Phi) is 7.05. The van der Waals surface area contributed by atoms with Crippen LogP contribution in [0.2, 0.25) is 0 Å². The molecule has 2 aliphatic rings. The second-order valence-electron chi connectivity index (χ2n) is 9.61. The number of benzene rings is 2. The summed E-state index contributed by atoms with van der Waals surface area (Å²) in [6.45, 7) is 2.12. The molecule has 3 heterocycles. The van der Waals surface area contributed by atoms with Crippen molar-refractivity contribution in [1.82, 2.24) is 19.9 Å². The van der Waals surface area contributed by atoms with E-state index in [9.17, 15) is 4.79 Å². The van der Waals surface area contributed by atoms with Crippen LogP contribution in [0.5, 0.6) is 0 Å². The Hall–Kier alpha value is -3.78. The predicted molar refractivity (Wildman–Crippen MR) is 150 cm³/mol. The van der Waals surface area contributed by atoms with Gasteiger partial charge in [0.1, 0.15) is 5.82 Å².